The molecule has 0 radical (unpaired) electrons. The fourth-order valence-electron chi connectivity index (χ4n) is 4.13. The Labute approximate surface area is 248 Å². The number of pyridine rings is 1. The molecular formula is C32H40N6O3Si. The van der Waals surface area contributed by atoms with E-state index in [9.17, 15) is 15.2 Å². The maximum absolute atomic E-state index is 13.1. The van der Waals surface area contributed by atoms with Gasteiger partial charge in [0, 0.05) is 17.5 Å². The number of nitrogens with one attached hydrogen (secondary N) is 1. The lowest BCUT2D eigenvalue weighted by atomic mass is 9.99. The van der Waals surface area contributed by atoms with Crippen molar-refractivity contribution in [1.82, 2.24) is 24.9 Å². The number of hydrogen-bond acceptors (Lipinski definition) is 7. The van der Waals surface area contributed by atoms with Crippen molar-refractivity contribution in [2.24, 2.45) is 0 Å². The third-order valence-corrected chi connectivity index (χ3v) is 12.6. The van der Waals surface area contributed by atoms with Gasteiger partial charge in [0.05, 0.1) is 41.1 Å². The maximum Gasteiger partial charge on any atom is 0.270 e. The van der Waals surface area contributed by atoms with Crippen LogP contribution in [0, 0.1) is 18.3 Å². The number of aryl methyl sites for hydroxylation is 1. The Balaban J connectivity index is 1.87. The average Bonchev–Trinajstić information content (AvgIpc) is 3.29. The first kappa shape index (κ1) is 31.0. The molecule has 0 fully saturated rings. The van der Waals surface area contributed by atoms with Crippen molar-refractivity contribution in [2.75, 3.05) is 0 Å². The largest absolute Gasteiger partial charge is 0.411 e. The van der Waals surface area contributed by atoms with E-state index >= 15 is 0 Å². The Bertz CT molecular complexity index is 1670. The summed E-state index contributed by atoms with van der Waals surface area (Å²) in [6, 6.07) is 14.5. The molecule has 10 heteroatoms. The highest BCUT2D eigenvalue weighted by Gasteiger charge is 2.37. The van der Waals surface area contributed by atoms with Gasteiger partial charge in [-0.1, -0.05) is 32.9 Å². The van der Waals surface area contributed by atoms with Gasteiger partial charge in [-0.2, -0.15) is 10.4 Å². The van der Waals surface area contributed by atoms with Crippen LogP contribution in [0.1, 0.15) is 69.0 Å². The fourth-order valence-corrected chi connectivity index (χ4v) is 5.07. The second-order valence-corrected chi connectivity index (χ2v) is 17.7. The van der Waals surface area contributed by atoms with Gasteiger partial charge in [0.15, 0.2) is 14.0 Å². The molecule has 0 spiro atoms. The Morgan fingerprint density at radius 2 is 1.83 bits per heavy atom. The molecule has 3 aromatic heterocycles. The first-order chi connectivity index (χ1) is 19.5. The normalized spacial score (nSPS) is 13.2. The number of amides is 1. The lowest BCUT2D eigenvalue weighted by molar-refractivity contribution is 0.0407. The summed E-state index contributed by atoms with van der Waals surface area (Å²) in [6.45, 7) is 18.4. The Morgan fingerprint density at radius 1 is 1.12 bits per heavy atom. The van der Waals surface area contributed by atoms with E-state index in [0.717, 1.165) is 22.5 Å². The number of fused-ring (bicyclic) bond motifs is 1. The van der Waals surface area contributed by atoms with E-state index < -0.39 is 25.9 Å². The monoisotopic (exact) mass is 584 g/mol. The van der Waals surface area contributed by atoms with Crippen LogP contribution in [0.25, 0.3) is 28.0 Å². The highest BCUT2D eigenvalue weighted by molar-refractivity contribution is 6.74. The number of rotatable bonds is 8. The minimum atomic E-state index is -2.02. The summed E-state index contributed by atoms with van der Waals surface area (Å²) in [5.74, 6) is -0.401. The Hall–Kier alpha value is -3.91. The lowest BCUT2D eigenvalue weighted by Crippen LogP contribution is -2.47. The van der Waals surface area contributed by atoms with Gasteiger partial charge in [-0.05, 0) is 81.7 Å². The lowest BCUT2D eigenvalue weighted by Gasteiger charge is -2.36. The molecular weight excluding hydrogens is 544 g/mol. The molecule has 9 nitrogen and oxygen atoms in total. The summed E-state index contributed by atoms with van der Waals surface area (Å²) in [4.78, 5) is 22.7. The zero-order valence-corrected chi connectivity index (χ0v) is 26.9. The van der Waals surface area contributed by atoms with Gasteiger partial charge in [0.1, 0.15) is 11.4 Å². The highest BCUT2D eigenvalue weighted by atomic mass is 28.4. The van der Waals surface area contributed by atoms with E-state index in [0.29, 0.717) is 29.1 Å². The first-order valence-electron chi connectivity index (χ1n) is 14.1. The summed E-state index contributed by atoms with van der Waals surface area (Å²) < 4.78 is 8.13. The third kappa shape index (κ3) is 6.59. The summed E-state index contributed by atoms with van der Waals surface area (Å²) in [6.07, 6.45) is 1.70. The van der Waals surface area contributed by atoms with Crippen LogP contribution >= 0.6 is 0 Å². The quantitative estimate of drug-likeness (QED) is 0.242. The van der Waals surface area contributed by atoms with Crippen molar-refractivity contribution in [3.63, 3.8) is 0 Å². The third-order valence-electron chi connectivity index (χ3n) is 8.07. The minimum absolute atomic E-state index is 0.0602. The van der Waals surface area contributed by atoms with Gasteiger partial charge >= 0.3 is 0 Å². The molecule has 0 aliphatic carbocycles. The van der Waals surface area contributed by atoms with Gasteiger partial charge in [0.25, 0.3) is 5.91 Å². The molecule has 3 heterocycles. The van der Waals surface area contributed by atoms with Crippen LogP contribution in [0.4, 0.5) is 0 Å². The zero-order chi connectivity index (χ0) is 31.0. The number of carbonyl (C=O) groups is 1. The van der Waals surface area contributed by atoms with Gasteiger partial charge in [-0.3, -0.25) is 9.78 Å². The van der Waals surface area contributed by atoms with Crippen molar-refractivity contribution in [3.05, 3.63) is 71.3 Å². The van der Waals surface area contributed by atoms with Crippen molar-refractivity contribution < 1.29 is 14.3 Å². The number of nitrogens with zero attached hydrogens (tertiary/aromatic N) is 5. The maximum atomic E-state index is 13.1. The molecule has 4 aromatic rings. The molecule has 0 bridgehead atoms. The van der Waals surface area contributed by atoms with Crippen molar-refractivity contribution in [2.45, 2.75) is 84.8 Å². The highest BCUT2D eigenvalue weighted by Crippen LogP contribution is 2.38. The minimum Gasteiger partial charge on any atom is -0.411 e. The van der Waals surface area contributed by atoms with E-state index in [1.165, 1.54) is 0 Å². The van der Waals surface area contributed by atoms with Crippen molar-refractivity contribution >= 4 is 19.9 Å². The number of aromatic nitrogens is 4. The summed E-state index contributed by atoms with van der Waals surface area (Å²) in [5.41, 5.74) is 4.63. The van der Waals surface area contributed by atoms with E-state index in [1.807, 2.05) is 31.2 Å². The molecule has 220 valence electrons. The van der Waals surface area contributed by atoms with E-state index in [-0.39, 0.29) is 10.7 Å². The average molecular weight is 585 g/mol. The van der Waals surface area contributed by atoms with Gasteiger partial charge < -0.3 is 14.8 Å². The van der Waals surface area contributed by atoms with Crippen LogP contribution in [0.15, 0.2) is 48.7 Å². The fraction of sp³-hybridized carbons (Fsp3) is 0.406. The number of carbonyl (C=O) groups excluding carboxylic acids is 1. The van der Waals surface area contributed by atoms with E-state index in [4.69, 9.17) is 19.5 Å². The predicted octanol–water partition coefficient (Wildman–Crippen LogP) is 6.05. The Kier molecular flexibility index (Phi) is 8.42. The molecule has 2 N–H and O–H groups in total. The molecule has 0 aliphatic rings. The number of aliphatic hydroxyl groups is 1. The molecule has 1 aromatic carbocycles. The van der Waals surface area contributed by atoms with Crippen molar-refractivity contribution in [3.8, 4) is 28.5 Å². The molecule has 0 aliphatic heterocycles. The molecule has 42 heavy (non-hydrogen) atoms. The van der Waals surface area contributed by atoms with Crippen LogP contribution in [-0.4, -0.2) is 50.6 Å². The van der Waals surface area contributed by atoms with Gasteiger partial charge in [0.2, 0.25) is 0 Å². The standard InChI is InChI=1S/C32H40N6O3Si/c1-20-15-24(17-25(34-20)19-41-42(8,9)31(3,4)5)27-28(23-12-10-11-22(16-23)18-33)37-38-14-13-26(36-29(27)38)30(39)35-21(2)32(6,7)40/h10-17,21,40H,19H2,1-9H3,(H,35,39)/t21-/m0/s1. The molecule has 1 atom stereocenters. The molecule has 4 rings (SSSR count). The number of benzene rings is 1. The second kappa shape index (κ2) is 11.4. The zero-order valence-electron chi connectivity index (χ0n) is 25.9. The van der Waals surface area contributed by atoms with Crippen LogP contribution < -0.4 is 5.32 Å². The van der Waals surface area contributed by atoms with E-state index in [1.54, 1.807) is 49.7 Å². The number of nitriles is 1. The Morgan fingerprint density at radius 3 is 2.48 bits per heavy atom. The predicted molar refractivity (Wildman–Crippen MR) is 166 cm³/mol. The smallest absolute Gasteiger partial charge is 0.270 e. The van der Waals surface area contributed by atoms with Gasteiger partial charge in [-0.15, -0.1) is 0 Å². The molecule has 0 unspecified atom stereocenters. The first-order valence-corrected chi connectivity index (χ1v) is 17.0. The summed E-state index contributed by atoms with van der Waals surface area (Å²) in [7, 11) is -2.02. The summed E-state index contributed by atoms with van der Waals surface area (Å²) >= 11 is 0. The molecule has 0 saturated carbocycles. The second-order valence-electron chi connectivity index (χ2n) is 12.9. The van der Waals surface area contributed by atoms with Crippen LogP contribution in [-0.2, 0) is 11.0 Å². The SMILES string of the molecule is Cc1cc(-c2c(-c3cccc(C#N)c3)nn3ccc(C(=O)N[C@@H](C)C(C)(C)O)nc23)cc(CO[Si](C)(C)C(C)(C)C)n1. The van der Waals surface area contributed by atoms with Crippen LogP contribution in [0.2, 0.25) is 18.1 Å². The molecule has 1 amide bonds. The van der Waals surface area contributed by atoms with Crippen LogP contribution in [0.5, 0.6) is 0 Å². The molecule has 0 saturated heterocycles. The number of hydrogen-bond donors (Lipinski definition) is 2. The van der Waals surface area contributed by atoms with Gasteiger partial charge in [-0.25, -0.2) is 9.50 Å². The summed E-state index contributed by atoms with van der Waals surface area (Å²) in [5, 5.41) is 27.6. The van der Waals surface area contributed by atoms with Crippen molar-refractivity contribution in [1.29, 1.82) is 5.26 Å². The van der Waals surface area contributed by atoms with E-state index in [2.05, 4.69) is 45.3 Å². The topological polar surface area (TPSA) is 125 Å². The van der Waals surface area contributed by atoms with Crippen LogP contribution in [0.3, 0.4) is 0 Å².